The summed E-state index contributed by atoms with van der Waals surface area (Å²) in [6.45, 7) is 1.47. The van der Waals surface area contributed by atoms with E-state index < -0.39 is 5.97 Å². The molecule has 1 aromatic rings. The molecule has 5 heteroatoms. The molecule has 1 aliphatic rings. The molecule has 0 fully saturated rings. The average molecular weight is 263 g/mol. The van der Waals surface area contributed by atoms with Crippen molar-refractivity contribution >= 4 is 11.9 Å². The third-order valence-corrected chi connectivity index (χ3v) is 3.37. The summed E-state index contributed by atoms with van der Waals surface area (Å²) in [5.74, 6) is -0.857. The molecule has 0 saturated heterocycles. The van der Waals surface area contributed by atoms with Gasteiger partial charge in [0.15, 0.2) is 0 Å². The van der Waals surface area contributed by atoms with Crippen LogP contribution in [-0.4, -0.2) is 42.1 Å². The zero-order chi connectivity index (χ0) is 13.8. The van der Waals surface area contributed by atoms with Crippen molar-refractivity contribution in [3.05, 3.63) is 34.9 Å². The van der Waals surface area contributed by atoms with E-state index in [1.54, 1.807) is 24.1 Å². The Morgan fingerprint density at radius 2 is 2.21 bits per heavy atom. The lowest BCUT2D eigenvalue weighted by atomic mass is 9.94. The maximum atomic E-state index is 11.9. The Labute approximate surface area is 111 Å². The molecule has 0 unspecified atom stereocenters. The molecule has 1 aliphatic heterocycles. The van der Waals surface area contributed by atoms with Gasteiger partial charge in [-0.05, 0) is 23.6 Å². The molecular formula is C14H17NO4. The smallest absolute Gasteiger partial charge is 0.335 e. The van der Waals surface area contributed by atoms with Gasteiger partial charge in [0.1, 0.15) is 0 Å². The Balaban J connectivity index is 2.14. The lowest BCUT2D eigenvalue weighted by Gasteiger charge is -2.29. The minimum Gasteiger partial charge on any atom is -0.478 e. The van der Waals surface area contributed by atoms with Gasteiger partial charge in [0.05, 0.1) is 18.6 Å². The number of carbonyl (C=O) groups excluding carboxylic acids is 1. The van der Waals surface area contributed by atoms with Gasteiger partial charge in [-0.2, -0.15) is 0 Å². The van der Waals surface area contributed by atoms with Crippen LogP contribution in [0.25, 0.3) is 0 Å². The Morgan fingerprint density at radius 3 is 2.89 bits per heavy atom. The minimum absolute atomic E-state index is 0.0493. The predicted octanol–water partition coefficient (Wildman–Crippen LogP) is 1.31. The van der Waals surface area contributed by atoms with Crippen molar-refractivity contribution in [3.63, 3.8) is 0 Å². The van der Waals surface area contributed by atoms with Crippen molar-refractivity contribution in [2.75, 3.05) is 20.3 Å². The van der Waals surface area contributed by atoms with E-state index in [9.17, 15) is 9.59 Å². The van der Waals surface area contributed by atoms with Gasteiger partial charge in [0.25, 0.3) is 0 Å². The molecule has 1 amide bonds. The molecule has 102 valence electrons. The van der Waals surface area contributed by atoms with Crippen LogP contribution in [0.1, 0.15) is 27.9 Å². The molecular weight excluding hydrogens is 246 g/mol. The first-order valence-electron chi connectivity index (χ1n) is 6.24. The number of carboxylic acids is 1. The average Bonchev–Trinajstić information content (AvgIpc) is 2.43. The van der Waals surface area contributed by atoms with E-state index in [-0.39, 0.29) is 5.91 Å². The normalized spacial score (nSPS) is 14.1. The zero-order valence-electron chi connectivity index (χ0n) is 10.9. The molecule has 5 nitrogen and oxygen atoms in total. The maximum absolute atomic E-state index is 11.9. The number of ether oxygens (including phenoxy) is 1. The van der Waals surface area contributed by atoms with E-state index in [4.69, 9.17) is 9.84 Å². The van der Waals surface area contributed by atoms with E-state index in [1.165, 1.54) is 0 Å². The Morgan fingerprint density at radius 1 is 1.42 bits per heavy atom. The molecule has 0 aliphatic carbocycles. The number of aromatic carboxylic acids is 1. The molecule has 0 bridgehead atoms. The monoisotopic (exact) mass is 263 g/mol. The van der Waals surface area contributed by atoms with E-state index in [2.05, 4.69) is 0 Å². The summed E-state index contributed by atoms with van der Waals surface area (Å²) in [6, 6.07) is 5.23. The van der Waals surface area contributed by atoms with Crippen LogP contribution in [0.4, 0.5) is 0 Å². The van der Waals surface area contributed by atoms with Crippen LogP contribution in [-0.2, 0) is 22.5 Å². The molecule has 0 spiro atoms. The summed E-state index contributed by atoms with van der Waals surface area (Å²) in [6.07, 6.45) is 0.959. The van der Waals surface area contributed by atoms with E-state index in [1.807, 2.05) is 6.07 Å². The van der Waals surface area contributed by atoms with E-state index in [0.717, 1.165) is 11.1 Å². The SMILES string of the molecule is COCCC(=O)N1CCc2c(cccc2C(=O)O)C1. The quantitative estimate of drug-likeness (QED) is 0.889. The van der Waals surface area contributed by atoms with E-state index >= 15 is 0 Å². The number of benzene rings is 1. The third kappa shape index (κ3) is 2.93. The van der Waals surface area contributed by atoms with Gasteiger partial charge in [0.2, 0.25) is 5.91 Å². The third-order valence-electron chi connectivity index (χ3n) is 3.37. The lowest BCUT2D eigenvalue weighted by molar-refractivity contribution is -0.133. The molecule has 2 rings (SSSR count). The minimum atomic E-state index is -0.906. The molecule has 1 aromatic carbocycles. The Bertz CT molecular complexity index is 498. The maximum Gasteiger partial charge on any atom is 0.335 e. The first kappa shape index (κ1) is 13.5. The second kappa shape index (κ2) is 5.84. The first-order valence-corrected chi connectivity index (χ1v) is 6.24. The number of amides is 1. The summed E-state index contributed by atoms with van der Waals surface area (Å²) >= 11 is 0. The molecule has 0 aromatic heterocycles. The highest BCUT2D eigenvalue weighted by atomic mass is 16.5. The van der Waals surface area contributed by atoms with Crippen molar-refractivity contribution in [1.29, 1.82) is 0 Å². The topological polar surface area (TPSA) is 66.8 Å². The van der Waals surface area contributed by atoms with Gasteiger partial charge >= 0.3 is 5.97 Å². The van der Waals surface area contributed by atoms with Crippen molar-refractivity contribution in [3.8, 4) is 0 Å². The van der Waals surface area contributed by atoms with Crippen LogP contribution >= 0.6 is 0 Å². The summed E-state index contributed by atoms with van der Waals surface area (Å²) in [5, 5.41) is 9.13. The first-order chi connectivity index (χ1) is 9.13. The van der Waals surface area contributed by atoms with Crippen LogP contribution in [0.2, 0.25) is 0 Å². The van der Waals surface area contributed by atoms with Crippen LogP contribution in [0.15, 0.2) is 18.2 Å². The van der Waals surface area contributed by atoms with Crippen LogP contribution in [0.5, 0.6) is 0 Å². The number of hydrogen-bond donors (Lipinski definition) is 1. The number of methoxy groups -OCH3 is 1. The standard InChI is InChI=1S/C14H17NO4/c1-19-8-6-13(16)15-7-5-11-10(9-15)3-2-4-12(11)14(17)18/h2-4H,5-9H2,1H3,(H,17,18). The molecule has 1 heterocycles. The highest BCUT2D eigenvalue weighted by molar-refractivity contribution is 5.90. The number of carboxylic acid groups (broad SMARTS) is 1. The number of nitrogens with zero attached hydrogens (tertiary/aromatic N) is 1. The van der Waals surface area contributed by atoms with Gasteiger partial charge in [0, 0.05) is 20.2 Å². The summed E-state index contributed by atoms with van der Waals surface area (Å²) < 4.78 is 4.90. The van der Waals surface area contributed by atoms with Crippen molar-refractivity contribution in [2.45, 2.75) is 19.4 Å². The van der Waals surface area contributed by atoms with Gasteiger partial charge in [-0.3, -0.25) is 4.79 Å². The molecule has 1 N–H and O–H groups in total. The number of hydrogen-bond acceptors (Lipinski definition) is 3. The van der Waals surface area contributed by atoms with Crippen LogP contribution in [0, 0.1) is 0 Å². The molecule has 0 atom stereocenters. The van der Waals surface area contributed by atoms with Crippen molar-refractivity contribution in [1.82, 2.24) is 4.90 Å². The fourth-order valence-electron chi connectivity index (χ4n) is 2.37. The van der Waals surface area contributed by atoms with Gasteiger partial charge in [-0.15, -0.1) is 0 Å². The highest BCUT2D eigenvalue weighted by Gasteiger charge is 2.23. The predicted molar refractivity (Wildman–Crippen MR) is 69.0 cm³/mol. The van der Waals surface area contributed by atoms with Crippen LogP contribution < -0.4 is 0 Å². The number of fused-ring (bicyclic) bond motifs is 1. The largest absolute Gasteiger partial charge is 0.478 e. The van der Waals surface area contributed by atoms with Gasteiger partial charge in [-0.25, -0.2) is 4.79 Å². The Kier molecular flexibility index (Phi) is 4.16. The summed E-state index contributed by atoms with van der Waals surface area (Å²) in [5.41, 5.74) is 2.13. The lowest BCUT2D eigenvalue weighted by Crippen LogP contribution is -2.37. The fraction of sp³-hybridized carbons (Fsp3) is 0.429. The molecule has 0 saturated carbocycles. The molecule has 0 radical (unpaired) electrons. The van der Waals surface area contributed by atoms with Crippen LogP contribution in [0.3, 0.4) is 0 Å². The second-order valence-electron chi connectivity index (χ2n) is 4.56. The Hall–Kier alpha value is -1.88. The number of rotatable bonds is 4. The van der Waals surface area contributed by atoms with Crippen molar-refractivity contribution < 1.29 is 19.4 Å². The van der Waals surface area contributed by atoms with Crippen molar-refractivity contribution in [2.24, 2.45) is 0 Å². The highest BCUT2D eigenvalue weighted by Crippen LogP contribution is 2.23. The van der Waals surface area contributed by atoms with Gasteiger partial charge in [-0.1, -0.05) is 12.1 Å². The van der Waals surface area contributed by atoms with Gasteiger partial charge < -0.3 is 14.7 Å². The second-order valence-corrected chi connectivity index (χ2v) is 4.56. The fourth-order valence-corrected chi connectivity index (χ4v) is 2.37. The zero-order valence-corrected chi connectivity index (χ0v) is 10.9. The van der Waals surface area contributed by atoms with E-state index in [0.29, 0.717) is 38.1 Å². The summed E-state index contributed by atoms with van der Waals surface area (Å²) in [7, 11) is 1.57. The summed E-state index contributed by atoms with van der Waals surface area (Å²) in [4.78, 5) is 24.8. The molecule has 19 heavy (non-hydrogen) atoms. The number of carbonyl (C=O) groups is 2.